The average molecular weight is 466 g/mol. The predicted molar refractivity (Wildman–Crippen MR) is 135 cm³/mol. The number of nitrogens with zero attached hydrogens (tertiary/aromatic N) is 3. The Morgan fingerprint density at radius 1 is 1.15 bits per heavy atom. The third-order valence-corrected chi connectivity index (χ3v) is 6.17. The highest BCUT2D eigenvalue weighted by Gasteiger charge is 2.15. The maximum absolute atomic E-state index is 13.4. The molecule has 0 saturated carbocycles. The molecule has 8 heteroatoms. The number of halogens is 1. The summed E-state index contributed by atoms with van der Waals surface area (Å²) in [4.78, 5) is 13.6. The van der Waals surface area contributed by atoms with E-state index >= 15 is 0 Å². The van der Waals surface area contributed by atoms with Gasteiger partial charge in [-0.1, -0.05) is 31.2 Å². The van der Waals surface area contributed by atoms with Crippen molar-refractivity contribution in [3.63, 3.8) is 0 Å². The van der Waals surface area contributed by atoms with Crippen LogP contribution in [0.4, 0.5) is 10.2 Å². The molecule has 0 saturated heterocycles. The molecule has 0 fully saturated rings. The summed E-state index contributed by atoms with van der Waals surface area (Å²) in [6.07, 6.45) is 8.51. The minimum atomic E-state index is -1.46. The molecule has 0 amide bonds. The van der Waals surface area contributed by atoms with E-state index in [9.17, 15) is 8.60 Å². The molecule has 0 aliphatic heterocycles. The van der Waals surface area contributed by atoms with Gasteiger partial charge in [-0.05, 0) is 67.4 Å². The van der Waals surface area contributed by atoms with Crippen LogP contribution in [0.5, 0.6) is 0 Å². The smallest absolute Gasteiger partial charge is 0.137 e. The molecule has 2 aromatic carbocycles. The fourth-order valence-electron chi connectivity index (χ4n) is 3.29. The molecule has 0 aliphatic carbocycles. The van der Waals surface area contributed by atoms with E-state index in [4.69, 9.17) is 0 Å². The van der Waals surface area contributed by atoms with Crippen LogP contribution in [0.1, 0.15) is 20.3 Å². The number of aromatic nitrogens is 2. The number of rotatable bonds is 9. The Morgan fingerprint density at radius 2 is 1.91 bits per heavy atom. The van der Waals surface area contributed by atoms with Gasteiger partial charge < -0.3 is 5.32 Å². The quantitative estimate of drug-likeness (QED) is 0.341. The zero-order chi connectivity index (χ0) is 23.8. The molecular weight excluding hydrogens is 437 g/mol. The lowest BCUT2D eigenvalue weighted by atomic mass is 10.0. The van der Waals surface area contributed by atoms with Gasteiger partial charge in [0.2, 0.25) is 0 Å². The zero-order valence-electron chi connectivity index (χ0n) is 19.2. The second-order valence-electron chi connectivity index (χ2n) is 7.31. The standard InChI is InChI=1S/C25H28FN5OS/c1-5-6-18(8-7-17(2)27-3)15-29-25-22-13-20(19-9-11-21(26)12-10-19)14-23(33(32)28-4)24(22)30-16-31-25/h6-14,16,28H,5,15H2,1-4H3,(H,29,30,31)/b8-7-,18-6-,27-17?. The van der Waals surface area contributed by atoms with Crippen molar-refractivity contribution in [3.8, 4) is 11.1 Å². The van der Waals surface area contributed by atoms with Crippen LogP contribution in [0.3, 0.4) is 0 Å². The van der Waals surface area contributed by atoms with Crippen LogP contribution in [0.15, 0.2) is 76.4 Å². The lowest BCUT2D eigenvalue weighted by Gasteiger charge is -2.13. The van der Waals surface area contributed by atoms with Crippen LogP contribution in [0, 0.1) is 5.82 Å². The summed E-state index contributed by atoms with van der Waals surface area (Å²) in [5.41, 5.74) is 4.24. The van der Waals surface area contributed by atoms with Crippen molar-refractivity contribution in [2.45, 2.75) is 25.2 Å². The molecule has 0 spiro atoms. The number of benzene rings is 2. The summed E-state index contributed by atoms with van der Waals surface area (Å²) in [7, 11) is 1.93. The highest BCUT2D eigenvalue weighted by atomic mass is 32.2. The topological polar surface area (TPSA) is 79.3 Å². The van der Waals surface area contributed by atoms with Gasteiger partial charge in [0.1, 0.15) is 28.9 Å². The van der Waals surface area contributed by atoms with Gasteiger partial charge >= 0.3 is 0 Å². The van der Waals surface area contributed by atoms with Crippen molar-refractivity contribution in [2.24, 2.45) is 4.99 Å². The first-order chi connectivity index (χ1) is 16.0. The normalized spacial score (nSPS) is 13.6. The van der Waals surface area contributed by atoms with Gasteiger partial charge in [-0.3, -0.25) is 4.99 Å². The van der Waals surface area contributed by atoms with Crippen molar-refractivity contribution in [1.82, 2.24) is 14.7 Å². The molecule has 0 radical (unpaired) electrons. The molecule has 0 bridgehead atoms. The Morgan fingerprint density at radius 3 is 2.58 bits per heavy atom. The van der Waals surface area contributed by atoms with Crippen molar-refractivity contribution in [2.75, 3.05) is 26.0 Å². The van der Waals surface area contributed by atoms with E-state index in [1.807, 2.05) is 31.2 Å². The monoisotopic (exact) mass is 465 g/mol. The van der Waals surface area contributed by atoms with E-state index in [2.05, 4.69) is 38.0 Å². The van der Waals surface area contributed by atoms with Crippen molar-refractivity contribution >= 4 is 33.4 Å². The molecular formula is C25H28FN5OS. The third kappa shape index (κ3) is 6.18. The van der Waals surface area contributed by atoms with Crippen LogP contribution >= 0.6 is 0 Å². The van der Waals surface area contributed by atoms with Crippen molar-refractivity contribution in [3.05, 3.63) is 72.3 Å². The summed E-state index contributed by atoms with van der Waals surface area (Å²) in [6.45, 7) is 4.59. The minimum Gasteiger partial charge on any atom is -0.365 e. The largest absolute Gasteiger partial charge is 0.365 e. The van der Waals surface area contributed by atoms with Crippen LogP contribution < -0.4 is 10.0 Å². The second-order valence-corrected chi connectivity index (χ2v) is 8.70. The summed E-state index contributed by atoms with van der Waals surface area (Å²) in [5.74, 6) is 0.325. The molecule has 172 valence electrons. The fraction of sp³-hybridized carbons (Fsp3) is 0.240. The van der Waals surface area contributed by atoms with Gasteiger partial charge in [0.15, 0.2) is 0 Å². The molecule has 2 N–H and O–H groups in total. The third-order valence-electron chi connectivity index (χ3n) is 5.08. The van der Waals surface area contributed by atoms with Gasteiger partial charge in [0.25, 0.3) is 0 Å². The molecule has 1 atom stereocenters. The summed E-state index contributed by atoms with van der Waals surface area (Å²) in [5, 5.41) is 4.14. The minimum absolute atomic E-state index is 0.309. The van der Waals surface area contributed by atoms with Gasteiger partial charge in [-0.25, -0.2) is 23.3 Å². The lowest BCUT2D eigenvalue weighted by Crippen LogP contribution is -2.12. The molecule has 1 unspecified atom stereocenters. The van der Waals surface area contributed by atoms with Crippen molar-refractivity contribution in [1.29, 1.82) is 0 Å². The molecule has 1 heterocycles. The van der Waals surface area contributed by atoms with E-state index in [1.165, 1.54) is 18.5 Å². The van der Waals surface area contributed by atoms with E-state index < -0.39 is 11.0 Å². The first kappa shape index (κ1) is 24.4. The highest BCUT2D eigenvalue weighted by Crippen LogP contribution is 2.31. The number of hydrogen-bond acceptors (Lipinski definition) is 5. The Hall–Kier alpha value is -3.23. The number of nitrogens with one attached hydrogen (secondary N) is 2. The second kappa shape index (κ2) is 11.6. The SMILES string of the molecule is CC/C=C(/C=C\C(C)=NC)CNc1ncnc2c(S(=O)NC)cc(-c3ccc(F)cc3)cc12. The zero-order valence-corrected chi connectivity index (χ0v) is 20.0. The summed E-state index contributed by atoms with van der Waals surface area (Å²) in [6, 6.07) is 9.97. The van der Waals surface area contributed by atoms with Crippen molar-refractivity contribution < 1.29 is 8.60 Å². The van der Waals surface area contributed by atoms with Gasteiger partial charge in [0.05, 0.1) is 10.4 Å². The van der Waals surface area contributed by atoms with Gasteiger partial charge in [-0.2, -0.15) is 0 Å². The number of hydrogen-bond donors (Lipinski definition) is 2. The molecule has 1 aromatic heterocycles. The fourth-order valence-corrected chi connectivity index (χ4v) is 4.08. The van der Waals surface area contributed by atoms with Gasteiger partial charge in [-0.15, -0.1) is 0 Å². The molecule has 33 heavy (non-hydrogen) atoms. The first-order valence-electron chi connectivity index (χ1n) is 10.6. The van der Waals surface area contributed by atoms with E-state index in [1.54, 1.807) is 26.2 Å². The van der Waals surface area contributed by atoms with E-state index in [0.29, 0.717) is 22.8 Å². The van der Waals surface area contributed by atoms with E-state index in [0.717, 1.165) is 34.2 Å². The van der Waals surface area contributed by atoms with Gasteiger partial charge in [0, 0.05) is 24.7 Å². The number of fused-ring (bicyclic) bond motifs is 1. The maximum Gasteiger partial charge on any atom is 0.137 e. The van der Waals surface area contributed by atoms with Crippen LogP contribution in [0.2, 0.25) is 0 Å². The number of anilines is 1. The maximum atomic E-state index is 13.4. The Balaban J connectivity index is 2.06. The van der Waals surface area contributed by atoms with Crippen LogP contribution in [-0.2, 0) is 11.0 Å². The van der Waals surface area contributed by atoms with E-state index in [-0.39, 0.29) is 5.82 Å². The summed E-state index contributed by atoms with van der Waals surface area (Å²) >= 11 is 0. The molecule has 6 nitrogen and oxygen atoms in total. The Kier molecular flexibility index (Phi) is 8.57. The molecule has 3 rings (SSSR count). The summed E-state index contributed by atoms with van der Waals surface area (Å²) < 4.78 is 29.0. The predicted octanol–water partition coefficient (Wildman–Crippen LogP) is 5.07. The van der Waals surface area contributed by atoms with Crippen LogP contribution in [0.25, 0.3) is 22.0 Å². The average Bonchev–Trinajstić information content (AvgIpc) is 2.84. The molecule has 3 aromatic rings. The Bertz CT molecular complexity index is 1240. The Labute approximate surface area is 196 Å². The van der Waals surface area contributed by atoms with Crippen LogP contribution in [-0.4, -0.2) is 40.5 Å². The number of aliphatic imine (C=N–C) groups is 1. The lowest BCUT2D eigenvalue weighted by molar-refractivity contribution is 0.628. The number of allylic oxidation sites excluding steroid dienone is 2. The first-order valence-corrected chi connectivity index (χ1v) is 11.8. The highest BCUT2D eigenvalue weighted by molar-refractivity contribution is 7.83. The molecule has 0 aliphatic rings.